The van der Waals surface area contributed by atoms with Crippen LogP contribution in [0.1, 0.15) is 5.56 Å². The molecule has 0 bridgehead atoms. The van der Waals surface area contributed by atoms with Crippen LogP contribution in [0.3, 0.4) is 0 Å². The molecule has 132 valence electrons. The second kappa shape index (κ2) is 7.39. The van der Waals surface area contributed by atoms with E-state index in [1.54, 1.807) is 30.0 Å². The Kier molecular flexibility index (Phi) is 5.67. The largest absolute Gasteiger partial charge is 0.461 e. The number of hydrogen-bond donors (Lipinski definition) is 0. The summed E-state index contributed by atoms with van der Waals surface area (Å²) < 4.78 is 62.3. The highest BCUT2D eigenvalue weighted by atomic mass is 32.2. The van der Waals surface area contributed by atoms with Crippen molar-refractivity contribution in [3.8, 4) is 11.1 Å². The van der Waals surface area contributed by atoms with Crippen molar-refractivity contribution in [2.45, 2.75) is 17.0 Å². The van der Waals surface area contributed by atoms with E-state index < -0.39 is 17.9 Å². The maximum Gasteiger partial charge on any atom is 0.461 e. The van der Waals surface area contributed by atoms with Crippen molar-refractivity contribution in [2.75, 3.05) is 6.26 Å². The van der Waals surface area contributed by atoms with E-state index in [-0.39, 0.29) is 6.08 Å². The van der Waals surface area contributed by atoms with Gasteiger partial charge < -0.3 is 0 Å². The van der Waals surface area contributed by atoms with Gasteiger partial charge in [0.15, 0.2) is 0 Å². The number of carbonyl (C=O) groups is 1. The summed E-state index contributed by atoms with van der Waals surface area (Å²) in [5.74, 6) is -7.69. The normalized spacial score (nSPS) is 12.6. The average Bonchev–Trinajstić information content (AvgIpc) is 2.59. The molecule has 25 heavy (non-hydrogen) atoms. The molecule has 0 atom stereocenters. The predicted octanol–water partition coefficient (Wildman–Crippen LogP) is 5.86. The molecule has 0 aliphatic rings. The molecule has 0 heterocycles. The Morgan fingerprint density at radius 3 is 2.16 bits per heavy atom. The number of carbonyl (C=O) groups excluding carboxylic acids is 1. The lowest BCUT2D eigenvalue weighted by Gasteiger charge is -2.16. The monoisotopic (exact) mass is 372 g/mol. The van der Waals surface area contributed by atoms with Gasteiger partial charge >= 0.3 is 12.1 Å². The Balaban J connectivity index is 2.22. The van der Waals surface area contributed by atoms with Crippen LogP contribution in [-0.4, -0.2) is 24.1 Å². The Morgan fingerprint density at radius 1 is 0.960 bits per heavy atom. The molecule has 7 heteroatoms. The van der Waals surface area contributed by atoms with E-state index in [4.69, 9.17) is 0 Å². The van der Waals surface area contributed by atoms with Gasteiger partial charge in [0.1, 0.15) is 0 Å². The van der Waals surface area contributed by atoms with Crippen LogP contribution >= 0.6 is 11.8 Å². The first-order valence-electron chi connectivity index (χ1n) is 7.06. The van der Waals surface area contributed by atoms with Crippen molar-refractivity contribution in [1.29, 1.82) is 0 Å². The maximum absolute atomic E-state index is 12.9. The van der Waals surface area contributed by atoms with Gasteiger partial charge in [0, 0.05) is 4.90 Å². The van der Waals surface area contributed by atoms with Crippen LogP contribution in [0, 0.1) is 0 Å². The molecule has 0 aromatic heterocycles. The summed E-state index contributed by atoms with van der Waals surface area (Å²) in [5, 5.41) is 0. The first-order chi connectivity index (χ1) is 11.6. The van der Waals surface area contributed by atoms with Crippen LogP contribution in [0.25, 0.3) is 17.2 Å². The number of rotatable bonds is 5. The zero-order valence-corrected chi connectivity index (χ0v) is 13.8. The Morgan fingerprint density at radius 2 is 1.60 bits per heavy atom. The molecule has 0 radical (unpaired) electrons. The van der Waals surface area contributed by atoms with Crippen molar-refractivity contribution in [3.05, 3.63) is 60.2 Å². The number of hydrogen-bond acceptors (Lipinski definition) is 2. The van der Waals surface area contributed by atoms with Gasteiger partial charge in [-0.2, -0.15) is 22.0 Å². The minimum absolute atomic E-state index is 0.253. The number of benzene rings is 2. The zero-order valence-electron chi connectivity index (χ0n) is 13.0. The van der Waals surface area contributed by atoms with E-state index in [2.05, 4.69) is 0 Å². The minimum Gasteiger partial charge on any atom is -0.288 e. The third-order valence-electron chi connectivity index (χ3n) is 3.40. The molecule has 0 spiro atoms. The highest BCUT2D eigenvalue weighted by molar-refractivity contribution is 7.98. The molecule has 0 amide bonds. The molecule has 0 fully saturated rings. The molecular formula is C18H13F5OS. The molecule has 2 aromatic carbocycles. The zero-order chi connectivity index (χ0) is 18.7. The molecule has 0 unspecified atom stereocenters. The maximum atomic E-state index is 12.9. The molecule has 1 nitrogen and oxygen atoms in total. The Hall–Kier alpha value is -2.15. The van der Waals surface area contributed by atoms with E-state index >= 15 is 0 Å². The number of allylic oxidation sites excluding steroid dienone is 1. The fraction of sp³-hybridized carbons (Fsp3) is 0.167. The van der Waals surface area contributed by atoms with Gasteiger partial charge in [-0.15, -0.1) is 11.8 Å². The van der Waals surface area contributed by atoms with Crippen LogP contribution in [0.2, 0.25) is 0 Å². The fourth-order valence-electron chi connectivity index (χ4n) is 2.02. The van der Waals surface area contributed by atoms with Gasteiger partial charge in [-0.1, -0.05) is 36.4 Å². The lowest BCUT2D eigenvalue weighted by molar-refractivity contribution is -0.266. The second-order valence-corrected chi connectivity index (χ2v) is 6.00. The van der Waals surface area contributed by atoms with E-state index in [1.165, 1.54) is 6.07 Å². The van der Waals surface area contributed by atoms with Gasteiger partial charge in [0.2, 0.25) is 5.78 Å². The molecule has 2 rings (SSSR count). The standard InChI is InChI=1S/C18H13F5OS/c1-25-15-8-6-13(7-9-15)14-4-2-3-12(11-14)5-10-16(24)17(19,20)18(21,22)23/h2-11H,1H3/b10-5+. The van der Waals surface area contributed by atoms with Crippen molar-refractivity contribution in [3.63, 3.8) is 0 Å². The Bertz CT molecular complexity index is 779. The molecule has 0 saturated heterocycles. The van der Waals surface area contributed by atoms with Crippen molar-refractivity contribution < 1.29 is 26.7 Å². The second-order valence-electron chi connectivity index (χ2n) is 5.12. The van der Waals surface area contributed by atoms with E-state index in [9.17, 15) is 26.7 Å². The van der Waals surface area contributed by atoms with Crippen molar-refractivity contribution in [1.82, 2.24) is 0 Å². The summed E-state index contributed by atoms with van der Waals surface area (Å²) in [5.41, 5.74) is 1.96. The molecular weight excluding hydrogens is 359 g/mol. The highest BCUT2D eigenvalue weighted by Gasteiger charge is 2.62. The van der Waals surface area contributed by atoms with Gasteiger partial charge in [-0.3, -0.25) is 4.79 Å². The van der Waals surface area contributed by atoms with Gasteiger partial charge in [0.25, 0.3) is 0 Å². The summed E-state index contributed by atoms with van der Waals surface area (Å²) in [4.78, 5) is 12.2. The lowest BCUT2D eigenvalue weighted by atomic mass is 10.0. The Labute approximate surface area is 145 Å². The van der Waals surface area contributed by atoms with Crippen molar-refractivity contribution in [2.24, 2.45) is 0 Å². The SMILES string of the molecule is CSc1ccc(-c2cccc(/C=C/C(=O)C(F)(F)C(F)(F)F)c2)cc1. The van der Waals surface area contributed by atoms with Crippen molar-refractivity contribution >= 4 is 23.6 Å². The van der Waals surface area contributed by atoms with Gasteiger partial charge in [-0.25, -0.2) is 0 Å². The number of halogens is 5. The van der Waals surface area contributed by atoms with Crippen LogP contribution in [0.5, 0.6) is 0 Å². The predicted molar refractivity (Wildman–Crippen MR) is 88.7 cm³/mol. The molecule has 0 aliphatic carbocycles. The average molecular weight is 372 g/mol. The van der Waals surface area contributed by atoms with E-state index in [1.807, 2.05) is 30.5 Å². The summed E-state index contributed by atoms with van der Waals surface area (Å²) >= 11 is 1.58. The third kappa shape index (κ3) is 4.48. The molecule has 0 aliphatic heterocycles. The number of alkyl halides is 5. The first-order valence-corrected chi connectivity index (χ1v) is 8.29. The number of ketones is 1. The number of thioether (sulfide) groups is 1. The summed E-state index contributed by atoms with van der Waals surface area (Å²) in [6, 6.07) is 14.1. The van der Waals surface area contributed by atoms with E-state index in [0.717, 1.165) is 22.1 Å². The highest BCUT2D eigenvalue weighted by Crippen LogP contribution is 2.36. The molecule has 0 N–H and O–H groups in total. The molecule has 0 saturated carbocycles. The minimum atomic E-state index is -5.91. The molecule has 2 aromatic rings. The van der Waals surface area contributed by atoms with Crippen LogP contribution in [-0.2, 0) is 4.79 Å². The summed E-state index contributed by atoms with van der Waals surface area (Å²) in [6.45, 7) is 0. The van der Waals surface area contributed by atoms with Gasteiger partial charge in [0.05, 0.1) is 0 Å². The summed E-state index contributed by atoms with van der Waals surface area (Å²) in [7, 11) is 0. The van der Waals surface area contributed by atoms with Crippen LogP contribution < -0.4 is 0 Å². The first kappa shape index (κ1) is 19.2. The summed E-state index contributed by atoms with van der Waals surface area (Å²) in [6.07, 6.45) is -2.77. The lowest BCUT2D eigenvalue weighted by Crippen LogP contribution is -2.43. The van der Waals surface area contributed by atoms with Gasteiger partial charge in [-0.05, 0) is 47.2 Å². The quantitative estimate of drug-likeness (QED) is 0.372. The van der Waals surface area contributed by atoms with Crippen LogP contribution in [0.15, 0.2) is 59.5 Å². The topological polar surface area (TPSA) is 17.1 Å². The smallest absolute Gasteiger partial charge is 0.288 e. The van der Waals surface area contributed by atoms with E-state index in [0.29, 0.717) is 5.56 Å². The third-order valence-corrected chi connectivity index (χ3v) is 4.15. The van der Waals surface area contributed by atoms with Crippen LogP contribution in [0.4, 0.5) is 22.0 Å². The fourth-order valence-corrected chi connectivity index (χ4v) is 2.43.